The Morgan fingerprint density at radius 3 is 2.77 bits per heavy atom. The van der Waals surface area contributed by atoms with Gasteiger partial charge in [-0.25, -0.2) is 0 Å². The van der Waals surface area contributed by atoms with E-state index in [0.29, 0.717) is 6.61 Å². The summed E-state index contributed by atoms with van der Waals surface area (Å²) in [7, 11) is 0. The molecule has 13 heavy (non-hydrogen) atoms. The molecular weight excluding hydrogens is 182 g/mol. The molecule has 0 fully saturated rings. The Bertz CT molecular complexity index is 268. The third-order valence-electron chi connectivity index (χ3n) is 1.99. The second-order valence-electron chi connectivity index (χ2n) is 3.49. The number of hydrogen-bond acceptors (Lipinski definition) is 3. The van der Waals surface area contributed by atoms with Crippen molar-refractivity contribution < 1.29 is 4.74 Å². The molecule has 2 nitrogen and oxygen atoms in total. The van der Waals surface area contributed by atoms with E-state index in [1.54, 1.807) is 11.3 Å². The smallest absolute Gasteiger partial charge is 0.0714 e. The summed E-state index contributed by atoms with van der Waals surface area (Å²) in [6, 6.07) is 2.09. The number of nitrogens with two attached hydrogens (primary N) is 1. The Morgan fingerprint density at radius 2 is 2.31 bits per heavy atom. The van der Waals surface area contributed by atoms with Gasteiger partial charge in [0, 0.05) is 11.5 Å². The first-order chi connectivity index (χ1) is 6.08. The van der Waals surface area contributed by atoms with E-state index in [0.717, 1.165) is 6.61 Å². The van der Waals surface area contributed by atoms with Crippen molar-refractivity contribution in [3.8, 4) is 0 Å². The molecule has 0 aliphatic heterocycles. The Hall–Kier alpha value is -0.380. The van der Waals surface area contributed by atoms with Crippen LogP contribution in [0.3, 0.4) is 0 Å². The highest BCUT2D eigenvalue weighted by Gasteiger charge is 2.24. The average Bonchev–Trinajstić information content (AvgIpc) is 2.48. The molecule has 3 heteroatoms. The summed E-state index contributed by atoms with van der Waals surface area (Å²) in [5.41, 5.74) is 7.07. The summed E-state index contributed by atoms with van der Waals surface area (Å²) in [5, 5.41) is 2.07. The number of aryl methyl sites for hydroxylation is 1. The summed E-state index contributed by atoms with van der Waals surface area (Å²) in [4.78, 5) is 1.22. The maximum absolute atomic E-state index is 6.15. The zero-order valence-electron chi connectivity index (χ0n) is 8.46. The van der Waals surface area contributed by atoms with Crippen LogP contribution in [0.5, 0.6) is 0 Å². The number of thiophene rings is 1. The van der Waals surface area contributed by atoms with Crippen LogP contribution < -0.4 is 5.73 Å². The van der Waals surface area contributed by atoms with Gasteiger partial charge in [0.15, 0.2) is 0 Å². The number of ether oxygens (including phenoxy) is 1. The molecule has 0 saturated heterocycles. The highest BCUT2D eigenvalue weighted by atomic mass is 32.1. The molecule has 1 aromatic heterocycles. The number of rotatable bonds is 4. The molecule has 1 unspecified atom stereocenters. The van der Waals surface area contributed by atoms with Crippen LogP contribution in [0.4, 0.5) is 0 Å². The van der Waals surface area contributed by atoms with E-state index in [-0.39, 0.29) is 5.54 Å². The monoisotopic (exact) mass is 199 g/mol. The summed E-state index contributed by atoms with van der Waals surface area (Å²) < 4.78 is 5.36. The first-order valence-electron chi connectivity index (χ1n) is 4.49. The van der Waals surface area contributed by atoms with Crippen LogP contribution in [-0.4, -0.2) is 13.2 Å². The van der Waals surface area contributed by atoms with E-state index in [9.17, 15) is 0 Å². The minimum Gasteiger partial charge on any atom is -0.379 e. The fourth-order valence-corrected chi connectivity index (χ4v) is 2.33. The Labute approximate surface area is 83.7 Å². The minimum absolute atomic E-state index is 0.339. The zero-order chi connectivity index (χ0) is 9.90. The lowest BCUT2D eigenvalue weighted by Crippen LogP contribution is -2.37. The maximum Gasteiger partial charge on any atom is 0.0714 e. The molecule has 0 aliphatic carbocycles. The topological polar surface area (TPSA) is 35.2 Å². The molecule has 0 aromatic carbocycles. The first kappa shape index (κ1) is 10.7. The quantitative estimate of drug-likeness (QED) is 0.807. The van der Waals surface area contributed by atoms with Crippen LogP contribution in [0.1, 0.15) is 24.3 Å². The van der Waals surface area contributed by atoms with Crippen LogP contribution in [0.15, 0.2) is 11.4 Å². The normalized spacial score (nSPS) is 15.7. The molecule has 0 bridgehead atoms. The molecule has 2 N–H and O–H groups in total. The van der Waals surface area contributed by atoms with Crippen molar-refractivity contribution in [3.05, 3.63) is 21.9 Å². The average molecular weight is 199 g/mol. The molecule has 1 atom stereocenters. The zero-order valence-corrected chi connectivity index (χ0v) is 9.28. The lowest BCUT2D eigenvalue weighted by atomic mass is 10.0. The van der Waals surface area contributed by atoms with Gasteiger partial charge in [-0.3, -0.25) is 0 Å². The molecule has 1 rings (SSSR count). The van der Waals surface area contributed by atoms with Gasteiger partial charge in [0.05, 0.1) is 12.1 Å². The van der Waals surface area contributed by atoms with E-state index in [2.05, 4.69) is 18.4 Å². The van der Waals surface area contributed by atoms with E-state index in [4.69, 9.17) is 10.5 Å². The third-order valence-corrected chi connectivity index (χ3v) is 3.28. The van der Waals surface area contributed by atoms with Crippen LogP contribution >= 0.6 is 11.3 Å². The van der Waals surface area contributed by atoms with Gasteiger partial charge in [0.1, 0.15) is 0 Å². The second kappa shape index (κ2) is 4.22. The predicted octanol–water partition coefficient (Wildman–Crippen LogP) is 2.27. The SMILES string of the molecule is CCOCC(C)(N)c1sccc1C. The van der Waals surface area contributed by atoms with Gasteiger partial charge in [-0.1, -0.05) is 0 Å². The van der Waals surface area contributed by atoms with E-state index in [1.165, 1.54) is 10.4 Å². The van der Waals surface area contributed by atoms with Crippen molar-refractivity contribution in [1.29, 1.82) is 0 Å². The van der Waals surface area contributed by atoms with Gasteiger partial charge in [0.2, 0.25) is 0 Å². The van der Waals surface area contributed by atoms with E-state index >= 15 is 0 Å². The molecule has 0 radical (unpaired) electrons. The minimum atomic E-state index is -0.339. The Kier molecular flexibility index (Phi) is 3.47. The summed E-state index contributed by atoms with van der Waals surface area (Å²) in [5.74, 6) is 0. The fourth-order valence-electron chi connectivity index (χ4n) is 1.34. The lowest BCUT2D eigenvalue weighted by molar-refractivity contribution is 0.102. The fraction of sp³-hybridized carbons (Fsp3) is 0.600. The van der Waals surface area contributed by atoms with Crippen molar-refractivity contribution in [3.63, 3.8) is 0 Å². The van der Waals surface area contributed by atoms with Crippen molar-refractivity contribution in [2.75, 3.05) is 13.2 Å². The highest BCUT2D eigenvalue weighted by molar-refractivity contribution is 7.10. The van der Waals surface area contributed by atoms with Gasteiger partial charge in [-0.15, -0.1) is 11.3 Å². The van der Waals surface area contributed by atoms with Crippen LogP contribution in [0.2, 0.25) is 0 Å². The summed E-state index contributed by atoms with van der Waals surface area (Å²) >= 11 is 1.70. The third kappa shape index (κ3) is 2.53. The largest absolute Gasteiger partial charge is 0.379 e. The number of hydrogen-bond donors (Lipinski definition) is 1. The van der Waals surface area contributed by atoms with Crippen molar-refractivity contribution in [2.24, 2.45) is 5.73 Å². The summed E-state index contributed by atoms with van der Waals surface area (Å²) in [6.07, 6.45) is 0. The standard InChI is InChI=1S/C10H17NOS/c1-4-12-7-10(3,11)9-8(2)5-6-13-9/h5-6H,4,7,11H2,1-3H3. The van der Waals surface area contributed by atoms with Crippen molar-refractivity contribution in [1.82, 2.24) is 0 Å². The molecule has 74 valence electrons. The van der Waals surface area contributed by atoms with Crippen LogP contribution in [0.25, 0.3) is 0 Å². The summed E-state index contributed by atoms with van der Waals surface area (Å²) in [6.45, 7) is 7.39. The van der Waals surface area contributed by atoms with Gasteiger partial charge in [0.25, 0.3) is 0 Å². The van der Waals surface area contributed by atoms with E-state index < -0.39 is 0 Å². The molecule has 1 aromatic rings. The van der Waals surface area contributed by atoms with Gasteiger partial charge in [-0.05, 0) is 37.8 Å². The van der Waals surface area contributed by atoms with Crippen molar-refractivity contribution in [2.45, 2.75) is 26.3 Å². The molecule has 0 saturated carbocycles. The first-order valence-corrected chi connectivity index (χ1v) is 5.37. The van der Waals surface area contributed by atoms with Gasteiger partial charge >= 0.3 is 0 Å². The molecule has 0 aliphatic rings. The Balaban J connectivity index is 2.74. The lowest BCUT2D eigenvalue weighted by Gasteiger charge is -2.23. The second-order valence-corrected chi connectivity index (χ2v) is 4.40. The molecule has 0 amide bonds. The van der Waals surface area contributed by atoms with Gasteiger partial charge in [-0.2, -0.15) is 0 Å². The van der Waals surface area contributed by atoms with Crippen LogP contribution in [0, 0.1) is 6.92 Å². The Morgan fingerprint density at radius 1 is 1.62 bits per heavy atom. The highest BCUT2D eigenvalue weighted by Crippen LogP contribution is 2.27. The predicted molar refractivity (Wildman–Crippen MR) is 57.1 cm³/mol. The molecule has 1 heterocycles. The van der Waals surface area contributed by atoms with Crippen LogP contribution in [-0.2, 0) is 10.3 Å². The van der Waals surface area contributed by atoms with E-state index in [1.807, 2.05) is 13.8 Å². The molecular formula is C10H17NOS. The maximum atomic E-state index is 6.15. The van der Waals surface area contributed by atoms with Gasteiger partial charge < -0.3 is 10.5 Å². The van der Waals surface area contributed by atoms with Crippen molar-refractivity contribution >= 4 is 11.3 Å². The molecule has 0 spiro atoms.